The molecule has 1 unspecified atom stereocenters. The summed E-state index contributed by atoms with van der Waals surface area (Å²) < 4.78 is 5.15. The van der Waals surface area contributed by atoms with Gasteiger partial charge >= 0.3 is 0 Å². The monoisotopic (exact) mass is 287 g/mol. The maximum absolute atomic E-state index is 5.15. The molecule has 1 aromatic rings. The van der Waals surface area contributed by atoms with Crippen LogP contribution in [0.5, 0.6) is 5.75 Å². The lowest BCUT2D eigenvalue weighted by Gasteiger charge is -2.23. The first-order valence-electron chi connectivity index (χ1n) is 6.39. The van der Waals surface area contributed by atoms with Gasteiger partial charge in [-0.05, 0) is 55.8 Å². The quantitative estimate of drug-likeness (QED) is 0.834. The lowest BCUT2D eigenvalue weighted by Crippen LogP contribution is -2.34. The van der Waals surface area contributed by atoms with Crippen molar-refractivity contribution < 1.29 is 4.74 Å². The van der Waals surface area contributed by atoms with E-state index in [9.17, 15) is 0 Å². The number of halogens is 1. The first-order valence-corrected chi connectivity index (χ1v) is 7.37. The van der Waals surface area contributed by atoms with Gasteiger partial charge in [0.05, 0.1) is 7.11 Å². The van der Waals surface area contributed by atoms with Crippen LogP contribution < -0.4 is 10.1 Å². The smallest absolute Gasteiger partial charge is 0.118 e. The summed E-state index contributed by atoms with van der Waals surface area (Å²) in [7, 11) is 1.71. The van der Waals surface area contributed by atoms with Gasteiger partial charge in [-0.1, -0.05) is 6.42 Å². The molecule has 0 saturated carbocycles. The fraction of sp³-hybridized carbons (Fsp3) is 0.571. The van der Waals surface area contributed by atoms with Crippen molar-refractivity contribution in [1.29, 1.82) is 0 Å². The Bertz CT molecular complexity index is 325. The Kier molecular flexibility index (Phi) is 7.56. The Hall–Kier alpha value is -0.380. The van der Waals surface area contributed by atoms with Crippen LogP contribution in [-0.4, -0.2) is 25.4 Å². The molecule has 4 heteroatoms. The lowest BCUT2D eigenvalue weighted by atomic mass is 10.0. The normalized spacial score (nSPS) is 19.1. The van der Waals surface area contributed by atoms with Crippen molar-refractivity contribution in [3.8, 4) is 5.75 Å². The fourth-order valence-electron chi connectivity index (χ4n) is 2.16. The summed E-state index contributed by atoms with van der Waals surface area (Å²) in [5.74, 6) is 2.13. The lowest BCUT2D eigenvalue weighted by molar-refractivity contribution is 0.395. The summed E-state index contributed by atoms with van der Waals surface area (Å²) in [4.78, 5) is 1.33. The summed E-state index contributed by atoms with van der Waals surface area (Å²) in [5.41, 5.74) is 0. The minimum Gasteiger partial charge on any atom is -0.497 e. The van der Waals surface area contributed by atoms with E-state index < -0.39 is 0 Å². The van der Waals surface area contributed by atoms with Gasteiger partial charge in [-0.15, -0.1) is 24.2 Å². The number of hydrogen-bond donors (Lipinski definition) is 1. The van der Waals surface area contributed by atoms with Gasteiger partial charge in [0.25, 0.3) is 0 Å². The molecular formula is C14H22ClNOS. The summed E-state index contributed by atoms with van der Waals surface area (Å²) in [6.45, 7) is 1.21. The number of thioether (sulfide) groups is 1. The van der Waals surface area contributed by atoms with Crippen molar-refractivity contribution in [3.05, 3.63) is 24.3 Å². The number of benzene rings is 1. The van der Waals surface area contributed by atoms with Crippen LogP contribution >= 0.6 is 24.2 Å². The van der Waals surface area contributed by atoms with Crippen molar-refractivity contribution in [2.24, 2.45) is 0 Å². The van der Waals surface area contributed by atoms with Crippen molar-refractivity contribution >= 4 is 24.2 Å². The van der Waals surface area contributed by atoms with Crippen molar-refractivity contribution in [3.63, 3.8) is 0 Å². The molecule has 18 heavy (non-hydrogen) atoms. The standard InChI is InChI=1S/C14H21NOS.ClH/c1-16-13-5-7-14(8-6-13)17-11-9-12-4-2-3-10-15-12;/h5-8,12,15H,2-4,9-11H2,1H3;1H. The molecule has 102 valence electrons. The van der Waals surface area contributed by atoms with E-state index in [-0.39, 0.29) is 12.4 Å². The maximum atomic E-state index is 5.15. The molecule has 1 fully saturated rings. The average molecular weight is 288 g/mol. The first-order chi connectivity index (χ1) is 8.38. The van der Waals surface area contributed by atoms with Gasteiger partial charge in [0, 0.05) is 10.9 Å². The van der Waals surface area contributed by atoms with Gasteiger partial charge in [-0.25, -0.2) is 0 Å². The summed E-state index contributed by atoms with van der Waals surface area (Å²) in [6, 6.07) is 9.08. The molecule has 0 aliphatic carbocycles. The Morgan fingerprint density at radius 2 is 2.06 bits per heavy atom. The fourth-order valence-corrected chi connectivity index (χ4v) is 3.13. The molecule has 1 atom stereocenters. The van der Waals surface area contributed by atoms with Crippen LogP contribution in [0, 0.1) is 0 Å². The van der Waals surface area contributed by atoms with Crippen LogP contribution in [0.4, 0.5) is 0 Å². The van der Waals surface area contributed by atoms with Gasteiger partial charge in [0.15, 0.2) is 0 Å². The molecule has 2 nitrogen and oxygen atoms in total. The third-order valence-electron chi connectivity index (χ3n) is 3.21. The summed E-state index contributed by atoms with van der Waals surface area (Å²) in [6.07, 6.45) is 5.37. The van der Waals surface area contributed by atoms with Gasteiger partial charge in [0.1, 0.15) is 5.75 Å². The van der Waals surface area contributed by atoms with Crippen LogP contribution in [0.1, 0.15) is 25.7 Å². The van der Waals surface area contributed by atoms with E-state index in [1.54, 1.807) is 7.11 Å². The molecule has 0 amide bonds. The molecule has 2 rings (SSSR count). The Morgan fingerprint density at radius 1 is 1.28 bits per heavy atom. The SMILES string of the molecule is COc1ccc(SCCC2CCCCN2)cc1.Cl. The zero-order valence-corrected chi connectivity index (χ0v) is 12.5. The Labute approximate surface area is 120 Å². The highest BCUT2D eigenvalue weighted by molar-refractivity contribution is 7.99. The van der Waals surface area contributed by atoms with Crippen LogP contribution in [0.2, 0.25) is 0 Å². The molecule has 1 N–H and O–H groups in total. The highest BCUT2D eigenvalue weighted by atomic mass is 35.5. The molecule has 1 aliphatic heterocycles. The van der Waals surface area contributed by atoms with Crippen LogP contribution in [0.15, 0.2) is 29.2 Å². The molecule has 0 bridgehead atoms. The molecule has 1 aliphatic rings. The van der Waals surface area contributed by atoms with Gasteiger partial charge in [0.2, 0.25) is 0 Å². The number of ether oxygens (including phenoxy) is 1. The highest BCUT2D eigenvalue weighted by Gasteiger charge is 2.11. The predicted octanol–water partition coefficient (Wildman–Crippen LogP) is 3.74. The third kappa shape index (κ3) is 5.09. The third-order valence-corrected chi connectivity index (χ3v) is 4.25. The molecule has 1 saturated heterocycles. The van der Waals surface area contributed by atoms with Crippen molar-refractivity contribution in [1.82, 2.24) is 5.32 Å². The predicted molar refractivity (Wildman–Crippen MR) is 81.2 cm³/mol. The van der Waals surface area contributed by atoms with Crippen LogP contribution in [0.25, 0.3) is 0 Å². The summed E-state index contributed by atoms with van der Waals surface area (Å²) >= 11 is 1.94. The first kappa shape index (κ1) is 15.7. The van der Waals surface area contributed by atoms with E-state index in [0.717, 1.165) is 11.8 Å². The van der Waals surface area contributed by atoms with Gasteiger partial charge < -0.3 is 10.1 Å². The number of hydrogen-bond acceptors (Lipinski definition) is 3. The van der Waals surface area contributed by atoms with E-state index in [2.05, 4.69) is 17.4 Å². The molecule has 1 heterocycles. The molecular weight excluding hydrogens is 266 g/mol. The second kappa shape index (κ2) is 8.68. The van der Waals surface area contributed by atoms with Gasteiger partial charge in [-0.3, -0.25) is 0 Å². The molecule has 0 spiro atoms. The van der Waals surface area contributed by atoms with Crippen LogP contribution in [-0.2, 0) is 0 Å². The maximum Gasteiger partial charge on any atom is 0.118 e. The molecule has 1 aromatic carbocycles. The number of rotatable bonds is 5. The van der Waals surface area contributed by atoms with Gasteiger partial charge in [-0.2, -0.15) is 0 Å². The van der Waals surface area contributed by atoms with E-state index in [4.69, 9.17) is 4.74 Å². The van der Waals surface area contributed by atoms with E-state index in [1.165, 1.54) is 42.9 Å². The van der Waals surface area contributed by atoms with Crippen LogP contribution in [0.3, 0.4) is 0 Å². The second-order valence-electron chi connectivity index (χ2n) is 4.46. The number of nitrogens with one attached hydrogen (secondary N) is 1. The minimum atomic E-state index is 0. The topological polar surface area (TPSA) is 21.3 Å². The largest absolute Gasteiger partial charge is 0.497 e. The zero-order chi connectivity index (χ0) is 11.9. The Morgan fingerprint density at radius 3 is 2.67 bits per heavy atom. The zero-order valence-electron chi connectivity index (χ0n) is 10.9. The second-order valence-corrected chi connectivity index (χ2v) is 5.63. The molecule has 0 radical (unpaired) electrons. The van der Waals surface area contributed by atoms with Crippen molar-refractivity contribution in [2.75, 3.05) is 19.4 Å². The van der Waals surface area contributed by atoms with E-state index >= 15 is 0 Å². The molecule has 0 aromatic heterocycles. The van der Waals surface area contributed by atoms with Crippen molar-refractivity contribution in [2.45, 2.75) is 36.6 Å². The minimum absolute atomic E-state index is 0. The highest BCUT2D eigenvalue weighted by Crippen LogP contribution is 2.23. The van der Waals surface area contributed by atoms with E-state index in [1.807, 2.05) is 23.9 Å². The summed E-state index contributed by atoms with van der Waals surface area (Å²) in [5, 5.41) is 3.59. The number of piperidine rings is 1. The van der Waals surface area contributed by atoms with E-state index in [0.29, 0.717) is 0 Å². The number of methoxy groups -OCH3 is 1. The average Bonchev–Trinajstić information content (AvgIpc) is 2.41. The Balaban J connectivity index is 0.00000162.